The molecule has 0 saturated carbocycles. The predicted molar refractivity (Wildman–Crippen MR) is 110 cm³/mol. The third-order valence-corrected chi connectivity index (χ3v) is 4.35. The number of carbonyl (C=O) groups excluding carboxylic acids is 1. The van der Waals surface area contributed by atoms with Crippen LogP contribution in [0.2, 0.25) is 0 Å². The van der Waals surface area contributed by atoms with Crippen molar-refractivity contribution in [2.75, 3.05) is 11.9 Å². The third kappa shape index (κ3) is 5.87. The minimum Gasteiger partial charge on any atom is -0.354 e. The summed E-state index contributed by atoms with van der Waals surface area (Å²) < 4.78 is 0. The molecule has 1 amide bonds. The molecule has 0 aliphatic rings. The second-order valence-corrected chi connectivity index (χ2v) is 6.76. The van der Waals surface area contributed by atoms with Gasteiger partial charge in [-0.25, -0.2) is 9.97 Å². The number of rotatable bonds is 8. The maximum Gasteiger partial charge on any atom is 0.242 e. The third-order valence-electron chi connectivity index (χ3n) is 4.35. The zero-order valence-corrected chi connectivity index (χ0v) is 16.2. The van der Waals surface area contributed by atoms with Gasteiger partial charge in [-0.2, -0.15) is 0 Å². The summed E-state index contributed by atoms with van der Waals surface area (Å²) in [5, 5.41) is 6.24. The second-order valence-electron chi connectivity index (χ2n) is 6.76. The van der Waals surface area contributed by atoms with Gasteiger partial charge < -0.3 is 10.6 Å². The highest BCUT2D eigenvalue weighted by molar-refractivity contribution is 5.84. The average molecular weight is 375 g/mol. The molecule has 0 fully saturated rings. The van der Waals surface area contributed by atoms with Crippen molar-refractivity contribution in [1.29, 1.82) is 0 Å². The van der Waals surface area contributed by atoms with Crippen molar-refractivity contribution in [3.05, 3.63) is 83.4 Å². The van der Waals surface area contributed by atoms with Crippen LogP contribution in [0.15, 0.2) is 60.9 Å². The van der Waals surface area contributed by atoms with Gasteiger partial charge in [0.2, 0.25) is 11.9 Å². The molecule has 0 aliphatic carbocycles. The molecule has 1 unspecified atom stereocenters. The number of benzene rings is 1. The van der Waals surface area contributed by atoms with Gasteiger partial charge in [-0.05, 0) is 49.6 Å². The Hall–Kier alpha value is -3.28. The Kier molecular flexibility index (Phi) is 6.68. The molecule has 28 heavy (non-hydrogen) atoms. The van der Waals surface area contributed by atoms with Gasteiger partial charge in [-0.15, -0.1) is 0 Å². The Morgan fingerprint density at radius 2 is 1.64 bits per heavy atom. The van der Waals surface area contributed by atoms with Gasteiger partial charge in [0.1, 0.15) is 6.04 Å². The maximum atomic E-state index is 12.9. The topological polar surface area (TPSA) is 79.8 Å². The molecule has 1 aromatic carbocycles. The Morgan fingerprint density at radius 1 is 0.964 bits per heavy atom. The van der Waals surface area contributed by atoms with E-state index in [4.69, 9.17) is 0 Å². The fourth-order valence-electron chi connectivity index (χ4n) is 3.01. The Balaban J connectivity index is 1.68. The largest absolute Gasteiger partial charge is 0.354 e. The summed E-state index contributed by atoms with van der Waals surface area (Å²) in [6, 6.07) is 15.3. The van der Waals surface area contributed by atoms with E-state index in [0.717, 1.165) is 28.9 Å². The normalized spacial score (nSPS) is 11.6. The fourth-order valence-corrected chi connectivity index (χ4v) is 3.01. The number of aryl methyl sites for hydroxylation is 2. The molecule has 1 atom stereocenters. The van der Waals surface area contributed by atoms with E-state index in [2.05, 4.69) is 25.6 Å². The second kappa shape index (κ2) is 9.60. The smallest absolute Gasteiger partial charge is 0.242 e. The number of pyridine rings is 1. The number of hydrogen-bond donors (Lipinski definition) is 2. The van der Waals surface area contributed by atoms with E-state index in [-0.39, 0.29) is 5.91 Å². The van der Waals surface area contributed by atoms with Crippen molar-refractivity contribution in [2.24, 2.45) is 0 Å². The van der Waals surface area contributed by atoms with Gasteiger partial charge in [0, 0.05) is 36.7 Å². The molecule has 0 spiro atoms. The lowest BCUT2D eigenvalue weighted by Gasteiger charge is -2.19. The van der Waals surface area contributed by atoms with E-state index < -0.39 is 6.04 Å². The lowest BCUT2D eigenvalue weighted by Crippen LogP contribution is -2.42. The van der Waals surface area contributed by atoms with Crippen LogP contribution in [0.5, 0.6) is 0 Å². The molecule has 0 saturated heterocycles. The Bertz CT molecular complexity index is 879. The monoisotopic (exact) mass is 375 g/mol. The van der Waals surface area contributed by atoms with Crippen LogP contribution in [-0.4, -0.2) is 33.4 Å². The van der Waals surface area contributed by atoms with E-state index in [1.165, 1.54) is 0 Å². The molecular formula is C22H25N5O. The molecule has 2 heterocycles. The molecule has 0 radical (unpaired) electrons. The zero-order chi connectivity index (χ0) is 19.8. The van der Waals surface area contributed by atoms with E-state index in [9.17, 15) is 4.79 Å². The van der Waals surface area contributed by atoms with Gasteiger partial charge in [0.25, 0.3) is 0 Å². The lowest BCUT2D eigenvalue weighted by molar-refractivity contribution is -0.121. The van der Waals surface area contributed by atoms with Crippen LogP contribution in [-0.2, 0) is 17.6 Å². The number of aromatic nitrogens is 3. The van der Waals surface area contributed by atoms with Crippen molar-refractivity contribution >= 4 is 11.9 Å². The summed E-state index contributed by atoms with van der Waals surface area (Å²) in [6.45, 7) is 4.39. The van der Waals surface area contributed by atoms with Crippen LogP contribution in [0.1, 0.15) is 22.5 Å². The molecule has 2 aromatic heterocycles. The first-order valence-electron chi connectivity index (χ1n) is 9.39. The quantitative estimate of drug-likeness (QED) is 0.633. The van der Waals surface area contributed by atoms with Crippen molar-refractivity contribution < 1.29 is 4.79 Å². The first-order chi connectivity index (χ1) is 13.6. The predicted octanol–water partition coefficient (Wildman–Crippen LogP) is 2.87. The molecule has 3 aromatic rings. The SMILES string of the molecule is Cc1cc(C)nc(NC(Cc2ccccc2)C(=O)NCCc2ccncc2)n1. The first-order valence-corrected chi connectivity index (χ1v) is 9.39. The summed E-state index contributed by atoms with van der Waals surface area (Å²) in [5.74, 6) is 0.406. The Labute approximate surface area is 165 Å². The summed E-state index contributed by atoms with van der Waals surface area (Å²) in [7, 11) is 0. The summed E-state index contributed by atoms with van der Waals surface area (Å²) in [6.07, 6.45) is 4.83. The van der Waals surface area contributed by atoms with Crippen LogP contribution in [0, 0.1) is 13.8 Å². The maximum absolute atomic E-state index is 12.9. The van der Waals surface area contributed by atoms with Crippen molar-refractivity contribution in [3.63, 3.8) is 0 Å². The molecule has 2 N–H and O–H groups in total. The average Bonchev–Trinajstić information content (AvgIpc) is 2.68. The molecule has 0 bridgehead atoms. The lowest BCUT2D eigenvalue weighted by atomic mass is 10.1. The van der Waals surface area contributed by atoms with Crippen LogP contribution in [0.4, 0.5) is 5.95 Å². The molecule has 0 aliphatic heterocycles. The molecule has 144 valence electrons. The van der Waals surface area contributed by atoms with E-state index >= 15 is 0 Å². The summed E-state index contributed by atoms with van der Waals surface area (Å²) in [5.41, 5.74) is 3.95. The fraction of sp³-hybridized carbons (Fsp3) is 0.273. The number of hydrogen-bond acceptors (Lipinski definition) is 5. The van der Waals surface area contributed by atoms with E-state index in [0.29, 0.717) is 18.9 Å². The molecule has 3 rings (SSSR count). The van der Waals surface area contributed by atoms with Gasteiger partial charge in [-0.1, -0.05) is 30.3 Å². The van der Waals surface area contributed by atoms with Gasteiger partial charge in [-0.3, -0.25) is 9.78 Å². The highest BCUT2D eigenvalue weighted by Gasteiger charge is 2.20. The van der Waals surface area contributed by atoms with Crippen LogP contribution < -0.4 is 10.6 Å². The van der Waals surface area contributed by atoms with Crippen LogP contribution in [0.3, 0.4) is 0 Å². The number of amides is 1. The number of anilines is 1. The first kappa shape index (κ1) is 19.5. The number of carbonyl (C=O) groups is 1. The van der Waals surface area contributed by atoms with Crippen molar-refractivity contribution in [3.8, 4) is 0 Å². The standard InChI is InChI=1S/C22H25N5O/c1-16-14-17(2)26-22(25-16)27-20(15-19-6-4-3-5-7-19)21(28)24-13-10-18-8-11-23-12-9-18/h3-9,11-12,14,20H,10,13,15H2,1-2H3,(H,24,28)(H,25,26,27). The van der Waals surface area contributed by atoms with Gasteiger partial charge in [0.15, 0.2) is 0 Å². The number of nitrogens with one attached hydrogen (secondary N) is 2. The zero-order valence-electron chi connectivity index (χ0n) is 16.2. The molecule has 6 heteroatoms. The molecule has 6 nitrogen and oxygen atoms in total. The highest BCUT2D eigenvalue weighted by atomic mass is 16.2. The van der Waals surface area contributed by atoms with Crippen molar-refractivity contribution in [2.45, 2.75) is 32.7 Å². The van der Waals surface area contributed by atoms with E-state index in [1.807, 2.05) is 62.4 Å². The van der Waals surface area contributed by atoms with Crippen molar-refractivity contribution in [1.82, 2.24) is 20.3 Å². The molecular weight excluding hydrogens is 350 g/mol. The minimum atomic E-state index is -0.457. The Morgan fingerprint density at radius 3 is 2.32 bits per heavy atom. The van der Waals surface area contributed by atoms with Gasteiger partial charge >= 0.3 is 0 Å². The van der Waals surface area contributed by atoms with E-state index in [1.54, 1.807) is 12.4 Å². The highest BCUT2D eigenvalue weighted by Crippen LogP contribution is 2.10. The summed E-state index contributed by atoms with van der Waals surface area (Å²) >= 11 is 0. The van der Waals surface area contributed by atoms with Crippen LogP contribution in [0.25, 0.3) is 0 Å². The van der Waals surface area contributed by atoms with Gasteiger partial charge in [0.05, 0.1) is 0 Å². The number of nitrogens with zero attached hydrogens (tertiary/aromatic N) is 3. The minimum absolute atomic E-state index is 0.0688. The summed E-state index contributed by atoms with van der Waals surface area (Å²) in [4.78, 5) is 25.7. The van der Waals surface area contributed by atoms with Crippen LogP contribution >= 0.6 is 0 Å².